The lowest BCUT2D eigenvalue weighted by Crippen LogP contribution is -2.18. The zero-order chi connectivity index (χ0) is 12.3. The van der Waals surface area contributed by atoms with Gasteiger partial charge in [0.05, 0.1) is 5.56 Å². The van der Waals surface area contributed by atoms with Crippen LogP contribution in [0.1, 0.15) is 15.9 Å². The third kappa shape index (κ3) is 2.75. The molecule has 1 aromatic heterocycles. The third-order valence-electron chi connectivity index (χ3n) is 1.62. The minimum absolute atomic E-state index is 0.115. The van der Waals surface area contributed by atoms with E-state index in [1.54, 1.807) is 0 Å². The van der Waals surface area contributed by atoms with E-state index in [1.807, 2.05) is 0 Å². The minimum atomic E-state index is -4.99. The lowest BCUT2D eigenvalue weighted by atomic mass is 10.1. The number of nitrogens with zero attached hydrogens (tertiary/aromatic N) is 1. The lowest BCUT2D eigenvalue weighted by Gasteiger charge is -2.11. The topological polar surface area (TPSA) is 59.4 Å². The average molecular weight is 256 g/mol. The molecule has 0 amide bonds. The van der Waals surface area contributed by atoms with E-state index in [4.69, 9.17) is 11.6 Å². The molecule has 8 heteroatoms. The van der Waals surface area contributed by atoms with Crippen LogP contribution in [-0.2, 0) is 5.88 Å². The molecule has 16 heavy (non-hydrogen) atoms. The number of ether oxygens (including phenoxy) is 1. The van der Waals surface area contributed by atoms with Crippen LogP contribution in [0.25, 0.3) is 0 Å². The Balaban J connectivity index is 3.19. The third-order valence-corrected chi connectivity index (χ3v) is 1.90. The molecule has 0 bridgehead atoms. The molecule has 0 atom stereocenters. The van der Waals surface area contributed by atoms with Crippen molar-refractivity contribution in [3.8, 4) is 11.6 Å². The number of alkyl halides is 4. The second-order valence-corrected chi connectivity index (χ2v) is 2.92. The number of aldehydes is 1. The van der Waals surface area contributed by atoms with Crippen LogP contribution in [0.2, 0.25) is 0 Å². The first-order chi connectivity index (χ1) is 7.39. The van der Waals surface area contributed by atoms with Gasteiger partial charge in [0.1, 0.15) is 0 Å². The summed E-state index contributed by atoms with van der Waals surface area (Å²) >= 11 is 5.40. The Labute approximate surface area is 92.6 Å². The summed E-state index contributed by atoms with van der Waals surface area (Å²) in [5.74, 6) is -2.23. The first-order valence-corrected chi connectivity index (χ1v) is 4.40. The van der Waals surface area contributed by atoms with Crippen LogP contribution in [0.15, 0.2) is 6.20 Å². The van der Waals surface area contributed by atoms with Crippen LogP contribution >= 0.6 is 11.6 Å². The maximum absolute atomic E-state index is 11.9. The van der Waals surface area contributed by atoms with Crippen molar-refractivity contribution in [2.24, 2.45) is 0 Å². The molecule has 1 rings (SSSR count). The molecule has 0 aliphatic rings. The van der Waals surface area contributed by atoms with Crippen LogP contribution in [0, 0.1) is 0 Å². The Morgan fingerprint density at radius 2 is 2.19 bits per heavy atom. The summed E-state index contributed by atoms with van der Waals surface area (Å²) < 4.78 is 39.0. The molecule has 1 N–H and O–H groups in total. The van der Waals surface area contributed by atoms with Crippen molar-refractivity contribution >= 4 is 17.9 Å². The number of aromatic nitrogens is 1. The van der Waals surface area contributed by atoms with E-state index in [0.29, 0.717) is 0 Å². The van der Waals surface area contributed by atoms with E-state index < -0.39 is 18.0 Å². The number of hydrogen-bond acceptors (Lipinski definition) is 4. The van der Waals surface area contributed by atoms with Gasteiger partial charge in [-0.15, -0.1) is 24.8 Å². The molecule has 4 nitrogen and oxygen atoms in total. The van der Waals surface area contributed by atoms with E-state index in [9.17, 15) is 23.1 Å². The molecule has 0 fully saturated rings. The molecule has 0 saturated heterocycles. The highest BCUT2D eigenvalue weighted by Crippen LogP contribution is 2.33. The molecular weight excluding hydrogens is 251 g/mol. The first-order valence-electron chi connectivity index (χ1n) is 3.86. The summed E-state index contributed by atoms with van der Waals surface area (Å²) in [6, 6.07) is 0. The van der Waals surface area contributed by atoms with Crippen LogP contribution < -0.4 is 4.74 Å². The Bertz CT molecular complexity index is 408. The average Bonchev–Trinajstić information content (AvgIpc) is 2.19. The van der Waals surface area contributed by atoms with Gasteiger partial charge in [-0.3, -0.25) is 4.79 Å². The SMILES string of the molecule is O=Cc1c(CCl)cnc(OC(F)(F)F)c1O. The predicted molar refractivity (Wildman–Crippen MR) is 47.5 cm³/mol. The van der Waals surface area contributed by atoms with Gasteiger partial charge in [0.25, 0.3) is 5.88 Å². The molecular formula is C8H5ClF3NO3. The molecule has 0 unspecified atom stereocenters. The maximum atomic E-state index is 11.9. The fourth-order valence-electron chi connectivity index (χ4n) is 0.957. The second kappa shape index (κ2) is 4.56. The zero-order valence-corrected chi connectivity index (χ0v) is 8.34. The van der Waals surface area contributed by atoms with Crippen molar-refractivity contribution < 1.29 is 27.8 Å². The standard InChI is InChI=1S/C8H5ClF3NO3/c9-1-4-2-13-7(16-8(10,11)12)6(15)5(4)3-14/h2-3,15H,1H2. The van der Waals surface area contributed by atoms with E-state index in [1.165, 1.54) is 0 Å². The smallest absolute Gasteiger partial charge is 0.503 e. The van der Waals surface area contributed by atoms with Crippen molar-refractivity contribution in [1.29, 1.82) is 0 Å². The highest BCUT2D eigenvalue weighted by atomic mass is 35.5. The van der Waals surface area contributed by atoms with E-state index in [0.717, 1.165) is 6.20 Å². The van der Waals surface area contributed by atoms with Crippen LogP contribution in [-0.4, -0.2) is 22.7 Å². The van der Waals surface area contributed by atoms with E-state index in [2.05, 4.69) is 9.72 Å². The number of hydrogen-bond donors (Lipinski definition) is 1. The van der Waals surface area contributed by atoms with Gasteiger partial charge >= 0.3 is 6.36 Å². The highest BCUT2D eigenvalue weighted by molar-refractivity contribution is 6.17. The summed E-state index contributed by atoms with van der Waals surface area (Å²) in [6.07, 6.45) is -3.89. The van der Waals surface area contributed by atoms with Gasteiger partial charge in [-0.25, -0.2) is 4.98 Å². The zero-order valence-electron chi connectivity index (χ0n) is 7.58. The Morgan fingerprint density at radius 1 is 1.56 bits per heavy atom. The lowest BCUT2D eigenvalue weighted by molar-refractivity contribution is -0.276. The molecule has 0 aromatic carbocycles. The molecule has 0 radical (unpaired) electrons. The minimum Gasteiger partial charge on any atom is -0.503 e. The molecule has 1 aromatic rings. The molecule has 0 saturated carbocycles. The Kier molecular flexibility index (Phi) is 3.58. The number of aromatic hydroxyl groups is 1. The molecule has 1 heterocycles. The quantitative estimate of drug-likeness (QED) is 0.665. The summed E-state index contributed by atoms with van der Waals surface area (Å²) in [5.41, 5.74) is -0.257. The van der Waals surface area contributed by atoms with Gasteiger partial charge in [0.15, 0.2) is 12.0 Å². The van der Waals surface area contributed by atoms with Gasteiger partial charge in [0, 0.05) is 12.1 Å². The van der Waals surface area contributed by atoms with Gasteiger partial charge in [-0.1, -0.05) is 0 Å². The monoisotopic (exact) mass is 255 g/mol. The van der Waals surface area contributed by atoms with Crippen molar-refractivity contribution in [3.05, 3.63) is 17.3 Å². The van der Waals surface area contributed by atoms with Crippen molar-refractivity contribution in [1.82, 2.24) is 4.98 Å². The van der Waals surface area contributed by atoms with E-state index in [-0.39, 0.29) is 23.3 Å². The summed E-state index contributed by atoms with van der Waals surface area (Å²) in [4.78, 5) is 13.7. The van der Waals surface area contributed by atoms with Crippen LogP contribution in [0.4, 0.5) is 13.2 Å². The highest BCUT2D eigenvalue weighted by Gasteiger charge is 2.33. The molecule has 0 aliphatic heterocycles. The number of carbonyl (C=O) groups excluding carboxylic acids is 1. The first kappa shape index (κ1) is 12.6. The van der Waals surface area contributed by atoms with Crippen molar-refractivity contribution in [3.63, 3.8) is 0 Å². The fraction of sp³-hybridized carbons (Fsp3) is 0.250. The number of pyridine rings is 1. The normalized spacial score (nSPS) is 11.2. The van der Waals surface area contributed by atoms with Gasteiger partial charge in [-0.2, -0.15) is 0 Å². The van der Waals surface area contributed by atoms with Crippen LogP contribution in [0.5, 0.6) is 11.6 Å². The van der Waals surface area contributed by atoms with Gasteiger partial charge in [-0.05, 0) is 5.56 Å². The number of carbonyl (C=O) groups is 1. The fourth-order valence-corrected chi connectivity index (χ4v) is 1.17. The molecule has 0 spiro atoms. The van der Waals surface area contributed by atoms with Crippen molar-refractivity contribution in [2.45, 2.75) is 12.2 Å². The Hall–Kier alpha value is -1.50. The van der Waals surface area contributed by atoms with Crippen LogP contribution in [0.3, 0.4) is 0 Å². The summed E-state index contributed by atoms with van der Waals surface area (Å²) in [7, 11) is 0. The molecule has 88 valence electrons. The number of rotatable bonds is 3. The maximum Gasteiger partial charge on any atom is 0.574 e. The number of halogens is 4. The summed E-state index contributed by atoms with van der Waals surface area (Å²) in [5, 5.41) is 9.29. The van der Waals surface area contributed by atoms with Crippen molar-refractivity contribution in [2.75, 3.05) is 0 Å². The van der Waals surface area contributed by atoms with Gasteiger partial charge in [0.2, 0.25) is 0 Å². The Morgan fingerprint density at radius 3 is 2.62 bits per heavy atom. The van der Waals surface area contributed by atoms with E-state index >= 15 is 0 Å². The summed E-state index contributed by atoms with van der Waals surface area (Å²) in [6.45, 7) is 0. The second-order valence-electron chi connectivity index (χ2n) is 2.65. The van der Waals surface area contributed by atoms with Gasteiger partial charge < -0.3 is 9.84 Å². The largest absolute Gasteiger partial charge is 0.574 e. The predicted octanol–water partition coefficient (Wildman–Crippen LogP) is 2.24. The molecule has 0 aliphatic carbocycles.